The summed E-state index contributed by atoms with van der Waals surface area (Å²) in [5, 5.41) is 16.7. The molecule has 2 N–H and O–H groups in total. The number of halogens is 2. The quantitative estimate of drug-likeness (QED) is 0.454. The number of hydrogen-bond acceptors (Lipinski definition) is 5. The van der Waals surface area contributed by atoms with Crippen molar-refractivity contribution < 1.29 is 5.11 Å². The third-order valence-corrected chi connectivity index (χ3v) is 5.34. The fourth-order valence-electron chi connectivity index (χ4n) is 3.48. The SMILES string of the molecule is CN(C[C@H](CO)Nc1ccnc2cc(Cl)ccc12)c1ccnc2cc(Cl)ccc12. The van der Waals surface area contributed by atoms with Gasteiger partial charge in [0.05, 0.1) is 23.7 Å². The number of nitrogens with one attached hydrogen (secondary N) is 1. The number of aromatic nitrogens is 2. The first-order valence-corrected chi connectivity index (χ1v) is 9.98. The number of hydrogen-bond donors (Lipinski definition) is 2. The summed E-state index contributed by atoms with van der Waals surface area (Å²) in [6.07, 6.45) is 3.51. The molecule has 0 saturated heterocycles. The van der Waals surface area contributed by atoms with Crippen molar-refractivity contribution in [2.45, 2.75) is 6.04 Å². The zero-order valence-corrected chi connectivity index (χ0v) is 17.3. The topological polar surface area (TPSA) is 61.3 Å². The molecule has 0 aliphatic heterocycles. The molecular weight excluding hydrogens is 407 g/mol. The molecule has 4 aromatic rings. The molecule has 2 heterocycles. The molecule has 5 nitrogen and oxygen atoms in total. The van der Waals surface area contributed by atoms with E-state index in [0.29, 0.717) is 16.6 Å². The predicted molar refractivity (Wildman–Crippen MR) is 121 cm³/mol. The Kier molecular flexibility index (Phi) is 5.72. The highest BCUT2D eigenvalue weighted by atomic mass is 35.5. The Morgan fingerprint density at radius 2 is 1.55 bits per heavy atom. The number of nitrogens with zero attached hydrogens (tertiary/aromatic N) is 3. The molecule has 0 unspecified atom stereocenters. The molecule has 0 saturated carbocycles. The number of benzene rings is 2. The van der Waals surface area contributed by atoms with Crippen LogP contribution in [0.3, 0.4) is 0 Å². The first kappa shape index (κ1) is 19.7. The van der Waals surface area contributed by atoms with Crippen molar-refractivity contribution >= 4 is 56.4 Å². The van der Waals surface area contributed by atoms with E-state index in [4.69, 9.17) is 23.2 Å². The highest BCUT2D eigenvalue weighted by Crippen LogP contribution is 2.28. The van der Waals surface area contributed by atoms with E-state index in [1.54, 1.807) is 12.4 Å². The smallest absolute Gasteiger partial charge is 0.0737 e. The Bertz CT molecular complexity index is 1170. The summed E-state index contributed by atoms with van der Waals surface area (Å²) in [6, 6.07) is 15.0. The summed E-state index contributed by atoms with van der Waals surface area (Å²) in [4.78, 5) is 10.9. The summed E-state index contributed by atoms with van der Waals surface area (Å²) in [7, 11) is 2.00. The molecule has 2 aromatic heterocycles. The molecule has 0 aliphatic rings. The van der Waals surface area contributed by atoms with Gasteiger partial charge in [0.2, 0.25) is 0 Å². The Balaban J connectivity index is 1.59. The van der Waals surface area contributed by atoms with Crippen LogP contribution < -0.4 is 10.2 Å². The number of rotatable bonds is 6. The van der Waals surface area contributed by atoms with E-state index in [1.807, 2.05) is 55.6 Å². The number of aliphatic hydroxyl groups excluding tert-OH is 1. The number of pyridine rings is 2. The molecule has 4 rings (SSSR count). The number of anilines is 2. The molecule has 1 atom stereocenters. The van der Waals surface area contributed by atoms with E-state index < -0.39 is 0 Å². The van der Waals surface area contributed by atoms with E-state index in [0.717, 1.165) is 33.2 Å². The van der Waals surface area contributed by atoms with Gasteiger partial charge in [-0.15, -0.1) is 0 Å². The second-order valence-corrected chi connectivity index (χ2v) is 7.79. The average Bonchev–Trinajstić information content (AvgIpc) is 2.72. The van der Waals surface area contributed by atoms with Crippen molar-refractivity contribution in [3.05, 3.63) is 71.0 Å². The third-order valence-electron chi connectivity index (χ3n) is 4.87. The van der Waals surface area contributed by atoms with E-state index in [1.165, 1.54) is 0 Å². The van der Waals surface area contributed by atoms with Crippen molar-refractivity contribution in [3.63, 3.8) is 0 Å². The monoisotopic (exact) mass is 426 g/mol. The van der Waals surface area contributed by atoms with Gasteiger partial charge in [-0.2, -0.15) is 0 Å². The lowest BCUT2D eigenvalue weighted by atomic mass is 10.1. The molecule has 0 bridgehead atoms. The van der Waals surface area contributed by atoms with Gasteiger partial charge in [-0.3, -0.25) is 9.97 Å². The zero-order valence-electron chi connectivity index (χ0n) is 15.8. The minimum Gasteiger partial charge on any atom is -0.394 e. The first-order chi connectivity index (χ1) is 14.0. The van der Waals surface area contributed by atoms with Gasteiger partial charge in [-0.05, 0) is 48.5 Å². The van der Waals surface area contributed by atoms with Crippen molar-refractivity contribution in [3.8, 4) is 0 Å². The molecule has 7 heteroatoms. The minimum atomic E-state index is -0.184. The Labute approximate surface area is 178 Å². The predicted octanol–water partition coefficient (Wildman–Crippen LogP) is 5.00. The van der Waals surface area contributed by atoms with Gasteiger partial charge in [-0.25, -0.2) is 0 Å². The van der Waals surface area contributed by atoms with Crippen LogP contribution in [0, 0.1) is 0 Å². The van der Waals surface area contributed by atoms with E-state index in [-0.39, 0.29) is 12.6 Å². The minimum absolute atomic E-state index is 0.0173. The fourth-order valence-corrected chi connectivity index (χ4v) is 3.82. The van der Waals surface area contributed by atoms with Crippen LogP contribution in [0.15, 0.2) is 60.9 Å². The van der Waals surface area contributed by atoms with Crippen LogP contribution in [-0.2, 0) is 0 Å². The van der Waals surface area contributed by atoms with Crippen LogP contribution in [0.1, 0.15) is 0 Å². The van der Waals surface area contributed by atoms with Gasteiger partial charge in [0.25, 0.3) is 0 Å². The van der Waals surface area contributed by atoms with Crippen LogP contribution in [0.2, 0.25) is 10.0 Å². The molecule has 0 aliphatic carbocycles. The van der Waals surface area contributed by atoms with Crippen LogP contribution in [0.5, 0.6) is 0 Å². The average molecular weight is 427 g/mol. The van der Waals surface area contributed by atoms with Crippen LogP contribution in [-0.4, -0.2) is 41.3 Å². The van der Waals surface area contributed by atoms with E-state index in [9.17, 15) is 5.11 Å². The molecule has 0 amide bonds. The summed E-state index contributed by atoms with van der Waals surface area (Å²) in [5.41, 5.74) is 3.58. The van der Waals surface area contributed by atoms with Crippen LogP contribution in [0.25, 0.3) is 21.8 Å². The highest BCUT2D eigenvalue weighted by molar-refractivity contribution is 6.31. The van der Waals surface area contributed by atoms with Crippen LogP contribution >= 0.6 is 23.2 Å². The van der Waals surface area contributed by atoms with Crippen molar-refractivity contribution in [1.82, 2.24) is 9.97 Å². The van der Waals surface area contributed by atoms with Gasteiger partial charge in [0, 0.05) is 58.2 Å². The molecule has 0 fully saturated rings. The number of fused-ring (bicyclic) bond motifs is 2. The maximum atomic E-state index is 9.99. The molecular formula is C22H20Cl2N4O. The number of likely N-dealkylation sites (N-methyl/N-ethyl adjacent to an activating group) is 1. The van der Waals surface area contributed by atoms with Crippen LogP contribution in [0.4, 0.5) is 11.4 Å². The zero-order chi connectivity index (χ0) is 20.4. The summed E-state index contributed by atoms with van der Waals surface area (Å²) in [5.74, 6) is 0. The second-order valence-electron chi connectivity index (χ2n) is 6.92. The molecule has 2 aromatic carbocycles. The highest BCUT2D eigenvalue weighted by Gasteiger charge is 2.15. The summed E-state index contributed by atoms with van der Waals surface area (Å²) < 4.78 is 0. The molecule has 0 spiro atoms. The van der Waals surface area contributed by atoms with Gasteiger partial charge < -0.3 is 15.3 Å². The Morgan fingerprint density at radius 1 is 0.931 bits per heavy atom. The van der Waals surface area contributed by atoms with Gasteiger partial charge in [-0.1, -0.05) is 23.2 Å². The Morgan fingerprint density at radius 3 is 2.24 bits per heavy atom. The first-order valence-electron chi connectivity index (χ1n) is 9.22. The molecule has 148 valence electrons. The van der Waals surface area contributed by atoms with E-state index in [2.05, 4.69) is 20.2 Å². The lowest BCUT2D eigenvalue weighted by Crippen LogP contribution is -2.37. The largest absolute Gasteiger partial charge is 0.394 e. The standard InChI is InChI=1S/C22H20Cl2N4O/c1-28(22-7-9-26-21-11-15(24)3-5-18(21)22)12-16(13-29)27-19-6-8-25-20-10-14(23)2-4-17(19)20/h2-11,16,29H,12-13H2,1H3,(H,25,27)/t16-/m1/s1. The molecule has 0 radical (unpaired) electrons. The third kappa shape index (κ3) is 4.22. The normalized spacial score (nSPS) is 12.3. The van der Waals surface area contributed by atoms with Crippen molar-refractivity contribution in [1.29, 1.82) is 0 Å². The van der Waals surface area contributed by atoms with Crippen molar-refractivity contribution in [2.24, 2.45) is 0 Å². The fraction of sp³-hybridized carbons (Fsp3) is 0.182. The lowest BCUT2D eigenvalue weighted by molar-refractivity contribution is 0.276. The maximum absolute atomic E-state index is 9.99. The van der Waals surface area contributed by atoms with Gasteiger partial charge >= 0.3 is 0 Å². The molecule has 29 heavy (non-hydrogen) atoms. The number of aliphatic hydroxyl groups is 1. The maximum Gasteiger partial charge on any atom is 0.0737 e. The van der Waals surface area contributed by atoms with E-state index >= 15 is 0 Å². The summed E-state index contributed by atoms with van der Waals surface area (Å²) >= 11 is 12.2. The van der Waals surface area contributed by atoms with Crippen molar-refractivity contribution in [2.75, 3.05) is 30.4 Å². The van der Waals surface area contributed by atoms with Gasteiger partial charge in [0.1, 0.15) is 0 Å². The summed E-state index contributed by atoms with van der Waals surface area (Å²) in [6.45, 7) is 0.576. The lowest BCUT2D eigenvalue weighted by Gasteiger charge is -2.27. The second kappa shape index (κ2) is 8.41. The Hall–Kier alpha value is -2.60. The van der Waals surface area contributed by atoms with Gasteiger partial charge in [0.15, 0.2) is 0 Å².